The molecule has 0 spiro atoms. The van der Waals surface area contributed by atoms with Crippen LogP contribution in [-0.2, 0) is 13.0 Å². The average molecular weight is 248 g/mol. The number of rotatable bonds is 5. The Kier molecular flexibility index (Phi) is 4.23. The van der Waals surface area contributed by atoms with Crippen LogP contribution in [0.1, 0.15) is 49.2 Å². The van der Waals surface area contributed by atoms with Crippen molar-refractivity contribution in [3.05, 3.63) is 23.5 Å². The molecule has 2 rings (SSSR count). The van der Waals surface area contributed by atoms with Gasteiger partial charge in [-0.2, -0.15) is 0 Å². The monoisotopic (exact) mass is 248 g/mol. The van der Waals surface area contributed by atoms with Crippen molar-refractivity contribution in [3.63, 3.8) is 0 Å². The van der Waals surface area contributed by atoms with Crippen molar-refractivity contribution >= 4 is 5.78 Å². The molecule has 3 nitrogen and oxygen atoms in total. The molecule has 1 aliphatic carbocycles. The number of hydrogen-bond donors (Lipinski definition) is 0. The highest BCUT2D eigenvalue weighted by molar-refractivity contribution is 5.98. The van der Waals surface area contributed by atoms with Crippen LogP contribution in [0, 0.1) is 0 Å². The van der Waals surface area contributed by atoms with E-state index >= 15 is 0 Å². The third-order valence-electron chi connectivity index (χ3n) is 3.99. The fourth-order valence-electron chi connectivity index (χ4n) is 2.55. The minimum atomic E-state index is 0.328. The van der Waals surface area contributed by atoms with Gasteiger partial charge in [0.1, 0.15) is 0 Å². The molecule has 1 aliphatic rings. The summed E-state index contributed by atoms with van der Waals surface area (Å²) in [7, 11) is 2.17. The number of carbonyl (C=O) groups is 1. The highest BCUT2D eigenvalue weighted by Crippen LogP contribution is 2.22. The highest BCUT2D eigenvalue weighted by atomic mass is 16.1. The van der Waals surface area contributed by atoms with E-state index in [-0.39, 0.29) is 0 Å². The van der Waals surface area contributed by atoms with Gasteiger partial charge in [-0.15, -0.1) is 0 Å². The summed E-state index contributed by atoms with van der Waals surface area (Å²) in [5.41, 5.74) is 2.23. The van der Waals surface area contributed by atoms with E-state index < -0.39 is 0 Å². The summed E-state index contributed by atoms with van der Waals surface area (Å²) >= 11 is 0. The summed E-state index contributed by atoms with van der Waals surface area (Å²) in [6.45, 7) is 6.57. The summed E-state index contributed by atoms with van der Waals surface area (Å²) in [4.78, 5) is 14.1. The zero-order valence-corrected chi connectivity index (χ0v) is 11.8. The normalized spacial score (nSPS) is 15.5. The Hall–Kier alpha value is -1.09. The Morgan fingerprint density at radius 2 is 2.17 bits per heavy atom. The van der Waals surface area contributed by atoms with Gasteiger partial charge in [-0.05, 0) is 52.8 Å². The van der Waals surface area contributed by atoms with E-state index in [1.807, 2.05) is 6.07 Å². The molecule has 0 saturated carbocycles. The van der Waals surface area contributed by atoms with Crippen LogP contribution in [0.4, 0.5) is 0 Å². The maximum absolute atomic E-state index is 11.7. The van der Waals surface area contributed by atoms with Gasteiger partial charge in [0.25, 0.3) is 0 Å². The molecule has 0 amide bonds. The summed E-state index contributed by atoms with van der Waals surface area (Å²) < 4.78 is 2.28. The molecule has 1 heterocycles. The van der Waals surface area contributed by atoms with Crippen LogP contribution < -0.4 is 0 Å². The van der Waals surface area contributed by atoms with Crippen molar-refractivity contribution in [3.8, 4) is 0 Å². The standard InChI is InChI=1S/C15H24N2O/c1-12(2)16(3)9-5-10-17-11-8-13-14(17)6-4-7-15(13)18/h8,11-12H,4-7,9-10H2,1-3H3. The van der Waals surface area contributed by atoms with E-state index in [0.29, 0.717) is 11.8 Å². The minimum absolute atomic E-state index is 0.328. The van der Waals surface area contributed by atoms with Crippen LogP contribution >= 0.6 is 0 Å². The molecule has 0 bridgehead atoms. The van der Waals surface area contributed by atoms with Crippen LogP contribution in [0.15, 0.2) is 12.3 Å². The van der Waals surface area contributed by atoms with Crippen LogP contribution in [0.25, 0.3) is 0 Å². The second-order valence-corrected chi connectivity index (χ2v) is 5.57. The van der Waals surface area contributed by atoms with Crippen LogP contribution in [0.3, 0.4) is 0 Å². The number of nitrogens with zero attached hydrogens (tertiary/aromatic N) is 2. The first-order chi connectivity index (χ1) is 8.59. The number of ketones is 1. The number of fused-ring (bicyclic) bond motifs is 1. The number of aryl methyl sites for hydroxylation is 1. The van der Waals surface area contributed by atoms with Gasteiger partial charge in [-0.25, -0.2) is 0 Å². The van der Waals surface area contributed by atoms with E-state index in [2.05, 4.69) is 36.6 Å². The van der Waals surface area contributed by atoms with E-state index in [1.54, 1.807) is 0 Å². The van der Waals surface area contributed by atoms with Gasteiger partial charge in [-0.3, -0.25) is 4.79 Å². The molecule has 100 valence electrons. The quantitative estimate of drug-likeness (QED) is 0.800. The molecule has 3 heteroatoms. The SMILES string of the molecule is CC(C)N(C)CCCn1ccc2c1CCCC2=O. The van der Waals surface area contributed by atoms with Crippen LogP contribution in [0.2, 0.25) is 0 Å². The molecular formula is C15H24N2O. The lowest BCUT2D eigenvalue weighted by molar-refractivity contribution is 0.0971. The lowest BCUT2D eigenvalue weighted by Gasteiger charge is -2.21. The number of aromatic nitrogens is 1. The van der Waals surface area contributed by atoms with Gasteiger partial charge in [0.15, 0.2) is 5.78 Å². The topological polar surface area (TPSA) is 25.2 Å². The molecule has 0 aromatic carbocycles. The van der Waals surface area contributed by atoms with Crippen molar-refractivity contribution in [1.82, 2.24) is 9.47 Å². The third-order valence-corrected chi connectivity index (χ3v) is 3.99. The zero-order valence-electron chi connectivity index (χ0n) is 11.8. The Morgan fingerprint density at radius 3 is 2.89 bits per heavy atom. The first kappa shape index (κ1) is 13.3. The van der Waals surface area contributed by atoms with Crippen molar-refractivity contribution in [2.45, 2.75) is 52.1 Å². The number of hydrogen-bond acceptors (Lipinski definition) is 2. The summed E-state index contributed by atoms with van der Waals surface area (Å²) in [5.74, 6) is 0.328. The number of carbonyl (C=O) groups excluding carboxylic acids is 1. The predicted octanol–water partition coefficient (Wildman–Crippen LogP) is 2.74. The first-order valence-electron chi connectivity index (χ1n) is 7.01. The first-order valence-corrected chi connectivity index (χ1v) is 7.01. The maximum atomic E-state index is 11.7. The molecular weight excluding hydrogens is 224 g/mol. The lowest BCUT2D eigenvalue weighted by atomic mass is 9.97. The van der Waals surface area contributed by atoms with Crippen molar-refractivity contribution in [1.29, 1.82) is 0 Å². The Labute approximate surface area is 110 Å². The lowest BCUT2D eigenvalue weighted by Crippen LogP contribution is -2.28. The summed E-state index contributed by atoms with van der Waals surface area (Å²) in [6.07, 6.45) is 6.04. The van der Waals surface area contributed by atoms with E-state index in [1.165, 1.54) is 5.69 Å². The van der Waals surface area contributed by atoms with Crippen LogP contribution in [0.5, 0.6) is 0 Å². The van der Waals surface area contributed by atoms with Crippen LogP contribution in [-0.4, -0.2) is 34.9 Å². The predicted molar refractivity (Wildman–Crippen MR) is 74.1 cm³/mol. The second kappa shape index (κ2) is 5.70. The van der Waals surface area contributed by atoms with Gasteiger partial charge in [0.05, 0.1) is 0 Å². The highest BCUT2D eigenvalue weighted by Gasteiger charge is 2.20. The molecule has 18 heavy (non-hydrogen) atoms. The van der Waals surface area contributed by atoms with E-state index in [9.17, 15) is 4.79 Å². The molecule has 0 N–H and O–H groups in total. The second-order valence-electron chi connectivity index (χ2n) is 5.57. The molecule has 0 unspecified atom stereocenters. The minimum Gasteiger partial charge on any atom is -0.351 e. The largest absolute Gasteiger partial charge is 0.351 e. The number of Topliss-reactive ketones (excluding diaryl/α,β-unsaturated/α-hetero) is 1. The van der Waals surface area contributed by atoms with Crippen molar-refractivity contribution in [2.75, 3.05) is 13.6 Å². The molecule has 0 saturated heterocycles. The summed E-state index contributed by atoms with van der Waals surface area (Å²) in [5, 5.41) is 0. The van der Waals surface area contributed by atoms with Gasteiger partial charge in [0, 0.05) is 36.5 Å². The van der Waals surface area contributed by atoms with Gasteiger partial charge < -0.3 is 9.47 Å². The average Bonchev–Trinajstić information content (AvgIpc) is 2.74. The van der Waals surface area contributed by atoms with E-state index in [0.717, 1.165) is 44.3 Å². The molecule has 1 aromatic heterocycles. The van der Waals surface area contributed by atoms with E-state index in [4.69, 9.17) is 0 Å². The molecule has 0 fully saturated rings. The molecule has 0 atom stereocenters. The third kappa shape index (κ3) is 2.83. The molecule has 1 aromatic rings. The van der Waals surface area contributed by atoms with Gasteiger partial charge in [-0.1, -0.05) is 0 Å². The van der Waals surface area contributed by atoms with Gasteiger partial charge >= 0.3 is 0 Å². The summed E-state index contributed by atoms with van der Waals surface area (Å²) in [6, 6.07) is 2.60. The Morgan fingerprint density at radius 1 is 1.39 bits per heavy atom. The molecule has 0 aliphatic heterocycles. The zero-order chi connectivity index (χ0) is 13.1. The van der Waals surface area contributed by atoms with Crippen molar-refractivity contribution < 1.29 is 4.79 Å². The van der Waals surface area contributed by atoms with Gasteiger partial charge in [0.2, 0.25) is 0 Å². The fraction of sp³-hybridized carbons (Fsp3) is 0.667. The smallest absolute Gasteiger partial charge is 0.164 e. The van der Waals surface area contributed by atoms with Crippen molar-refractivity contribution in [2.24, 2.45) is 0 Å². The Bertz CT molecular complexity index is 420. The Balaban J connectivity index is 1.93. The molecule has 0 radical (unpaired) electrons. The fourth-order valence-corrected chi connectivity index (χ4v) is 2.55. The maximum Gasteiger partial charge on any atom is 0.164 e.